The van der Waals surface area contributed by atoms with Gasteiger partial charge in [0.1, 0.15) is 22.7 Å². The molecule has 136 valence electrons. The highest BCUT2D eigenvalue weighted by Gasteiger charge is 2.17. The molecule has 0 bridgehead atoms. The molecule has 28 heavy (non-hydrogen) atoms. The Hall–Kier alpha value is -3.63. The Morgan fingerprint density at radius 2 is 1.75 bits per heavy atom. The Bertz CT molecular complexity index is 1310. The first-order valence-corrected chi connectivity index (χ1v) is 8.58. The van der Waals surface area contributed by atoms with Crippen LogP contribution in [0.5, 0.6) is 0 Å². The van der Waals surface area contributed by atoms with Gasteiger partial charge in [0.25, 0.3) is 0 Å². The van der Waals surface area contributed by atoms with Crippen molar-refractivity contribution in [2.24, 2.45) is 0 Å². The number of aromatic amines is 1. The largest absolute Gasteiger partial charge is 0.329 e. The number of rotatable bonds is 2. The molecule has 3 aromatic heterocycles. The molecule has 3 heterocycles. The van der Waals surface area contributed by atoms with Crippen molar-refractivity contribution in [2.75, 3.05) is 0 Å². The van der Waals surface area contributed by atoms with E-state index in [0.29, 0.717) is 28.2 Å². The van der Waals surface area contributed by atoms with Crippen molar-refractivity contribution in [1.29, 1.82) is 5.26 Å². The normalized spacial score (nSPS) is 10.8. The maximum atomic E-state index is 13.4. The molecule has 0 aliphatic carbocycles. The van der Waals surface area contributed by atoms with Crippen molar-refractivity contribution < 1.29 is 4.39 Å². The number of hydrogen-bond acceptors (Lipinski definition) is 5. The second-order valence-electron chi connectivity index (χ2n) is 6.10. The third kappa shape index (κ3) is 3.21. The summed E-state index contributed by atoms with van der Waals surface area (Å²) >= 11 is 6.10. The van der Waals surface area contributed by atoms with Gasteiger partial charge in [0.15, 0.2) is 11.2 Å². The number of benzene rings is 1. The lowest BCUT2D eigenvalue weighted by Gasteiger charge is -2.11. The Morgan fingerprint density at radius 1 is 1.04 bits per heavy atom. The Balaban J connectivity index is 2.09. The van der Waals surface area contributed by atoms with Gasteiger partial charge in [0.2, 0.25) is 5.43 Å². The molecule has 0 spiro atoms. The lowest BCUT2D eigenvalue weighted by Crippen LogP contribution is -2.09. The average molecular weight is 392 g/mol. The topological polar surface area (TPSA) is 95.3 Å². The number of hydrogen-bond donors (Lipinski definition) is 1. The molecule has 0 atom stereocenters. The van der Waals surface area contributed by atoms with Crippen LogP contribution in [-0.2, 0) is 0 Å². The summed E-state index contributed by atoms with van der Waals surface area (Å²) in [6.45, 7) is 1.79. The fourth-order valence-electron chi connectivity index (χ4n) is 2.89. The van der Waals surface area contributed by atoms with Crippen molar-refractivity contribution in [1.82, 2.24) is 19.9 Å². The Morgan fingerprint density at radius 3 is 2.43 bits per heavy atom. The number of aromatic nitrogens is 4. The molecule has 0 unspecified atom stereocenters. The van der Waals surface area contributed by atoms with Crippen LogP contribution in [0.15, 0.2) is 47.3 Å². The van der Waals surface area contributed by atoms with E-state index in [2.05, 4.69) is 19.9 Å². The van der Waals surface area contributed by atoms with Crippen molar-refractivity contribution in [2.45, 2.75) is 6.92 Å². The predicted octanol–water partition coefficient (Wildman–Crippen LogP) is 4.02. The summed E-state index contributed by atoms with van der Waals surface area (Å²) in [4.78, 5) is 28.4. The molecular formula is C20H11ClFN5O. The number of nitriles is 1. The molecular weight excluding hydrogens is 381 g/mol. The van der Waals surface area contributed by atoms with E-state index in [-0.39, 0.29) is 27.8 Å². The molecule has 8 heteroatoms. The van der Waals surface area contributed by atoms with Gasteiger partial charge in [-0.1, -0.05) is 11.6 Å². The molecule has 1 N–H and O–H groups in total. The second-order valence-corrected chi connectivity index (χ2v) is 6.49. The fourth-order valence-corrected chi connectivity index (χ4v) is 3.14. The van der Waals surface area contributed by atoms with Crippen LogP contribution in [0.1, 0.15) is 11.4 Å². The average Bonchev–Trinajstić information content (AvgIpc) is 2.67. The number of aryl methyl sites for hydroxylation is 1. The van der Waals surface area contributed by atoms with Gasteiger partial charge in [-0.25, -0.2) is 19.3 Å². The molecule has 0 fully saturated rings. The Kier molecular flexibility index (Phi) is 4.34. The zero-order chi connectivity index (χ0) is 19.8. The van der Waals surface area contributed by atoms with Crippen molar-refractivity contribution in [3.8, 4) is 28.6 Å². The van der Waals surface area contributed by atoms with E-state index >= 15 is 0 Å². The van der Waals surface area contributed by atoms with Crippen LogP contribution in [-0.4, -0.2) is 19.9 Å². The van der Waals surface area contributed by atoms with Crippen LogP contribution in [0, 0.1) is 24.1 Å². The second kappa shape index (κ2) is 6.83. The minimum atomic E-state index is -0.429. The summed E-state index contributed by atoms with van der Waals surface area (Å²) in [7, 11) is 0. The number of nitrogens with one attached hydrogen (secondary N) is 1. The number of nitrogens with zero attached hydrogens (tertiary/aromatic N) is 4. The van der Waals surface area contributed by atoms with E-state index in [4.69, 9.17) is 16.9 Å². The number of pyridine rings is 2. The molecule has 1 aromatic carbocycles. The Labute approximate surface area is 163 Å². The summed E-state index contributed by atoms with van der Waals surface area (Å²) in [5.41, 5.74) is 2.61. The monoisotopic (exact) mass is 391 g/mol. The molecule has 0 radical (unpaired) electrons. The molecule has 4 rings (SSSR count). The van der Waals surface area contributed by atoms with E-state index in [1.807, 2.05) is 6.07 Å². The maximum absolute atomic E-state index is 13.4. The van der Waals surface area contributed by atoms with Gasteiger partial charge in [-0.15, -0.1) is 0 Å². The first kappa shape index (κ1) is 17.8. The lowest BCUT2D eigenvalue weighted by molar-refractivity contribution is 0.628. The van der Waals surface area contributed by atoms with E-state index in [1.165, 1.54) is 18.2 Å². The minimum absolute atomic E-state index is 0.0763. The zero-order valence-corrected chi connectivity index (χ0v) is 15.3. The van der Waals surface area contributed by atoms with E-state index in [9.17, 15) is 9.18 Å². The molecule has 0 saturated heterocycles. The molecule has 6 nitrogen and oxygen atoms in total. The van der Waals surface area contributed by atoms with Gasteiger partial charge in [0.05, 0.1) is 11.4 Å². The number of H-pyrrole nitrogens is 1. The highest BCUT2D eigenvalue weighted by Crippen LogP contribution is 2.31. The van der Waals surface area contributed by atoms with Crippen LogP contribution in [0.2, 0.25) is 5.15 Å². The first-order valence-electron chi connectivity index (χ1n) is 8.20. The van der Waals surface area contributed by atoms with E-state index in [0.717, 1.165) is 0 Å². The van der Waals surface area contributed by atoms with Crippen LogP contribution in [0.25, 0.3) is 33.7 Å². The van der Waals surface area contributed by atoms with Gasteiger partial charge in [-0.3, -0.25) is 4.79 Å². The minimum Gasteiger partial charge on any atom is -0.329 e. The van der Waals surface area contributed by atoms with Gasteiger partial charge in [0, 0.05) is 22.9 Å². The highest BCUT2D eigenvalue weighted by molar-refractivity contribution is 6.29. The standard InChI is InChI=1S/C20H11ClFN5O/c1-10-6-12(7-16(21)24-10)18-17(11-2-4-13(22)5-3-11)27-20-19(26-18)15(28)8-14(9-23)25-20/h2-8H,1H3,(H,25,27,28). The van der Waals surface area contributed by atoms with Gasteiger partial charge >= 0.3 is 0 Å². The van der Waals surface area contributed by atoms with Crippen LogP contribution >= 0.6 is 11.6 Å². The number of halogens is 2. The van der Waals surface area contributed by atoms with Crippen LogP contribution in [0.4, 0.5) is 4.39 Å². The summed E-state index contributed by atoms with van der Waals surface area (Å²) in [6.07, 6.45) is 0. The van der Waals surface area contributed by atoms with Gasteiger partial charge < -0.3 is 4.98 Å². The summed E-state index contributed by atoms with van der Waals surface area (Å²) in [6, 6.07) is 12.2. The van der Waals surface area contributed by atoms with E-state index < -0.39 is 5.43 Å². The van der Waals surface area contributed by atoms with Crippen molar-refractivity contribution in [3.05, 3.63) is 75.0 Å². The molecule has 0 aliphatic rings. The van der Waals surface area contributed by atoms with Gasteiger partial charge in [-0.05, 0) is 43.3 Å². The molecule has 0 amide bonds. The summed E-state index contributed by atoms with van der Waals surface area (Å²) < 4.78 is 13.4. The fraction of sp³-hybridized carbons (Fsp3) is 0.0500. The molecule has 4 aromatic rings. The summed E-state index contributed by atoms with van der Waals surface area (Å²) in [5.74, 6) is -0.387. The van der Waals surface area contributed by atoms with Crippen LogP contribution in [0.3, 0.4) is 0 Å². The molecule has 0 aliphatic heterocycles. The maximum Gasteiger partial charge on any atom is 0.210 e. The van der Waals surface area contributed by atoms with Crippen LogP contribution < -0.4 is 5.43 Å². The smallest absolute Gasteiger partial charge is 0.210 e. The summed E-state index contributed by atoms with van der Waals surface area (Å²) in [5, 5.41) is 9.37. The van der Waals surface area contributed by atoms with Crippen molar-refractivity contribution >= 4 is 22.8 Å². The molecule has 0 saturated carbocycles. The third-order valence-electron chi connectivity index (χ3n) is 4.09. The number of fused-ring (bicyclic) bond motifs is 1. The highest BCUT2D eigenvalue weighted by atomic mass is 35.5. The van der Waals surface area contributed by atoms with Crippen molar-refractivity contribution in [3.63, 3.8) is 0 Å². The lowest BCUT2D eigenvalue weighted by atomic mass is 10.0. The SMILES string of the molecule is Cc1cc(-c2nc3c(=O)cc(C#N)[nH]c3nc2-c2ccc(F)cc2)cc(Cl)n1. The van der Waals surface area contributed by atoms with E-state index in [1.54, 1.807) is 31.2 Å². The van der Waals surface area contributed by atoms with Gasteiger partial charge in [-0.2, -0.15) is 5.26 Å². The first-order chi connectivity index (χ1) is 13.4. The quantitative estimate of drug-likeness (QED) is 0.521. The third-order valence-corrected chi connectivity index (χ3v) is 4.29. The zero-order valence-electron chi connectivity index (χ0n) is 14.5. The predicted molar refractivity (Wildman–Crippen MR) is 103 cm³/mol.